The van der Waals surface area contributed by atoms with Crippen LogP contribution in [0.4, 0.5) is 0 Å². The molecule has 0 spiro atoms. The van der Waals surface area contributed by atoms with Crippen LogP contribution in [0.25, 0.3) is 0 Å². The van der Waals surface area contributed by atoms with Crippen LogP contribution in [0.2, 0.25) is 0 Å². The standard InChI is InChI=1S/C5H12.C4H8O/c1-4-5(2)3;1-3-4-5-2/h5H,4H2,1-3H3;3H,1,4H2,2H3. The molecule has 0 radical (unpaired) electrons. The van der Waals surface area contributed by atoms with Crippen LogP contribution in [0.15, 0.2) is 12.7 Å². The van der Waals surface area contributed by atoms with E-state index in [4.69, 9.17) is 0 Å². The van der Waals surface area contributed by atoms with Gasteiger partial charge in [0.1, 0.15) is 0 Å². The van der Waals surface area contributed by atoms with Crippen LogP contribution in [0.1, 0.15) is 27.2 Å². The Kier molecular flexibility index (Phi) is 14.2. The smallest absolute Gasteiger partial charge is 0.0641 e. The monoisotopic (exact) mass is 144 g/mol. The van der Waals surface area contributed by atoms with E-state index in [2.05, 4.69) is 32.1 Å². The van der Waals surface area contributed by atoms with E-state index >= 15 is 0 Å². The van der Waals surface area contributed by atoms with E-state index in [-0.39, 0.29) is 0 Å². The predicted octanol–water partition coefficient (Wildman–Crippen LogP) is 2.87. The zero-order valence-corrected chi connectivity index (χ0v) is 7.68. The van der Waals surface area contributed by atoms with Crippen molar-refractivity contribution in [1.29, 1.82) is 0 Å². The third kappa shape index (κ3) is 25.2. The van der Waals surface area contributed by atoms with Crippen LogP contribution in [-0.2, 0) is 4.74 Å². The van der Waals surface area contributed by atoms with Gasteiger partial charge in [0, 0.05) is 7.11 Å². The predicted molar refractivity (Wildman–Crippen MR) is 47.2 cm³/mol. The Hall–Kier alpha value is -0.300. The molecule has 0 aromatic heterocycles. The van der Waals surface area contributed by atoms with Crippen LogP contribution >= 0.6 is 0 Å². The number of hydrogen-bond acceptors (Lipinski definition) is 1. The first-order valence-corrected chi connectivity index (χ1v) is 3.78. The number of methoxy groups -OCH3 is 1. The maximum Gasteiger partial charge on any atom is 0.0641 e. The quantitative estimate of drug-likeness (QED) is 0.553. The molecular formula is C9H20O. The van der Waals surface area contributed by atoms with Crippen molar-refractivity contribution in [2.75, 3.05) is 13.7 Å². The topological polar surface area (TPSA) is 9.23 Å². The SMILES string of the molecule is C=CCOC.CCC(C)C. The second-order valence-corrected chi connectivity index (χ2v) is 2.55. The highest BCUT2D eigenvalue weighted by Crippen LogP contribution is 1.93. The van der Waals surface area contributed by atoms with Crippen LogP contribution in [0, 0.1) is 5.92 Å². The zero-order chi connectivity index (χ0) is 8.41. The minimum absolute atomic E-state index is 0.653. The molecule has 62 valence electrons. The fourth-order valence-electron chi connectivity index (χ4n) is 0.118. The van der Waals surface area contributed by atoms with Crippen LogP contribution in [0.5, 0.6) is 0 Å². The van der Waals surface area contributed by atoms with Gasteiger partial charge in [-0.2, -0.15) is 0 Å². The minimum Gasteiger partial charge on any atom is -0.381 e. The molecule has 0 bridgehead atoms. The van der Waals surface area contributed by atoms with Gasteiger partial charge in [0.2, 0.25) is 0 Å². The Morgan fingerprint density at radius 3 is 1.90 bits per heavy atom. The summed E-state index contributed by atoms with van der Waals surface area (Å²) >= 11 is 0. The van der Waals surface area contributed by atoms with Crippen molar-refractivity contribution in [3.8, 4) is 0 Å². The summed E-state index contributed by atoms with van der Waals surface area (Å²) in [7, 11) is 1.64. The summed E-state index contributed by atoms with van der Waals surface area (Å²) in [5.74, 6) is 0.884. The summed E-state index contributed by atoms with van der Waals surface area (Å²) in [6.07, 6.45) is 3.01. The molecule has 0 fully saturated rings. The largest absolute Gasteiger partial charge is 0.381 e. The lowest BCUT2D eigenvalue weighted by molar-refractivity contribution is 0.234. The number of hydrogen-bond donors (Lipinski definition) is 0. The molecule has 0 amide bonds. The highest BCUT2D eigenvalue weighted by molar-refractivity contribution is 4.62. The second kappa shape index (κ2) is 11.5. The third-order valence-electron chi connectivity index (χ3n) is 1.10. The van der Waals surface area contributed by atoms with E-state index < -0.39 is 0 Å². The van der Waals surface area contributed by atoms with E-state index in [1.807, 2.05) is 0 Å². The van der Waals surface area contributed by atoms with Crippen molar-refractivity contribution >= 4 is 0 Å². The van der Waals surface area contributed by atoms with Crippen molar-refractivity contribution in [1.82, 2.24) is 0 Å². The molecular weight excluding hydrogens is 124 g/mol. The van der Waals surface area contributed by atoms with Gasteiger partial charge in [-0.1, -0.05) is 33.3 Å². The summed E-state index contributed by atoms with van der Waals surface area (Å²) < 4.78 is 4.57. The number of ether oxygens (including phenoxy) is 1. The molecule has 0 unspecified atom stereocenters. The van der Waals surface area contributed by atoms with Crippen molar-refractivity contribution in [2.45, 2.75) is 27.2 Å². The van der Waals surface area contributed by atoms with Gasteiger partial charge in [0.15, 0.2) is 0 Å². The van der Waals surface area contributed by atoms with Crippen molar-refractivity contribution < 1.29 is 4.74 Å². The zero-order valence-electron chi connectivity index (χ0n) is 7.68. The molecule has 0 N–H and O–H groups in total. The fraction of sp³-hybridized carbons (Fsp3) is 0.778. The van der Waals surface area contributed by atoms with Gasteiger partial charge in [-0.25, -0.2) is 0 Å². The minimum atomic E-state index is 0.653. The molecule has 0 saturated carbocycles. The lowest BCUT2D eigenvalue weighted by atomic mass is 10.2. The van der Waals surface area contributed by atoms with Crippen molar-refractivity contribution in [3.05, 3.63) is 12.7 Å². The lowest BCUT2D eigenvalue weighted by Crippen LogP contribution is -1.77. The maximum absolute atomic E-state index is 4.57. The first-order chi connectivity index (χ1) is 4.68. The summed E-state index contributed by atoms with van der Waals surface area (Å²) in [5.41, 5.74) is 0. The first kappa shape index (κ1) is 12.4. The molecule has 0 aliphatic rings. The second-order valence-electron chi connectivity index (χ2n) is 2.55. The van der Waals surface area contributed by atoms with Gasteiger partial charge in [-0.15, -0.1) is 6.58 Å². The van der Waals surface area contributed by atoms with E-state index in [0.717, 1.165) is 5.92 Å². The Morgan fingerprint density at radius 1 is 1.50 bits per heavy atom. The maximum atomic E-state index is 4.57. The number of rotatable bonds is 3. The molecule has 0 saturated heterocycles. The van der Waals surface area contributed by atoms with Gasteiger partial charge in [-0.05, 0) is 5.92 Å². The molecule has 1 heteroatoms. The Bertz CT molecular complexity index is 57.7. The van der Waals surface area contributed by atoms with Gasteiger partial charge in [0.05, 0.1) is 6.61 Å². The molecule has 0 aromatic rings. The molecule has 0 aliphatic carbocycles. The van der Waals surface area contributed by atoms with Crippen LogP contribution in [0.3, 0.4) is 0 Å². The van der Waals surface area contributed by atoms with Crippen molar-refractivity contribution in [3.63, 3.8) is 0 Å². The normalized spacial score (nSPS) is 8.50. The van der Waals surface area contributed by atoms with Gasteiger partial charge in [0.25, 0.3) is 0 Å². The van der Waals surface area contributed by atoms with E-state index in [1.54, 1.807) is 13.2 Å². The van der Waals surface area contributed by atoms with Crippen molar-refractivity contribution in [2.24, 2.45) is 5.92 Å². The molecule has 0 aliphatic heterocycles. The average molecular weight is 144 g/mol. The molecule has 1 nitrogen and oxygen atoms in total. The van der Waals surface area contributed by atoms with Gasteiger partial charge >= 0.3 is 0 Å². The van der Waals surface area contributed by atoms with Gasteiger partial charge in [-0.3, -0.25) is 0 Å². The Balaban J connectivity index is 0. The summed E-state index contributed by atoms with van der Waals surface area (Å²) in [4.78, 5) is 0. The highest BCUT2D eigenvalue weighted by Gasteiger charge is 1.80. The Morgan fingerprint density at radius 2 is 1.90 bits per heavy atom. The molecule has 0 rings (SSSR count). The van der Waals surface area contributed by atoms with Gasteiger partial charge < -0.3 is 4.74 Å². The van der Waals surface area contributed by atoms with E-state index in [0.29, 0.717) is 6.61 Å². The average Bonchev–Trinajstić information content (AvgIpc) is 1.91. The molecule has 0 atom stereocenters. The van der Waals surface area contributed by atoms with E-state index in [9.17, 15) is 0 Å². The van der Waals surface area contributed by atoms with Crippen LogP contribution in [-0.4, -0.2) is 13.7 Å². The third-order valence-corrected chi connectivity index (χ3v) is 1.10. The molecule has 0 heterocycles. The summed E-state index contributed by atoms with van der Waals surface area (Å²) in [6, 6.07) is 0. The fourth-order valence-corrected chi connectivity index (χ4v) is 0.118. The summed E-state index contributed by atoms with van der Waals surface area (Å²) in [6.45, 7) is 10.7. The van der Waals surface area contributed by atoms with Crippen LogP contribution < -0.4 is 0 Å². The van der Waals surface area contributed by atoms with E-state index in [1.165, 1.54) is 6.42 Å². The summed E-state index contributed by atoms with van der Waals surface area (Å²) in [5, 5.41) is 0. The molecule has 0 aromatic carbocycles. The molecule has 10 heavy (non-hydrogen) atoms. The first-order valence-electron chi connectivity index (χ1n) is 3.78. The highest BCUT2D eigenvalue weighted by atomic mass is 16.5. The Labute approximate surface area is 65.1 Å². The lowest BCUT2D eigenvalue weighted by Gasteiger charge is -1.90.